The molecule has 1 aromatic heterocycles. The summed E-state index contributed by atoms with van der Waals surface area (Å²) in [5.41, 5.74) is 0.395. The molecule has 1 atom stereocenters. The van der Waals surface area contributed by atoms with Crippen LogP contribution in [0.15, 0.2) is 36.7 Å². The van der Waals surface area contributed by atoms with Gasteiger partial charge in [-0.15, -0.1) is 0 Å². The van der Waals surface area contributed by atoms with E-state index in [1.165, 1.54) is 24.5 Å². The van der Waals surface area contributed by atoms with Crippen LogP contribution in [0.4, 0.5) is 0 Å². The number of carboxylic acid groups (broad SMARTS) is 1. The highest BCUT2D eigenvalue weighted by atomic mass is 16.4. The molecule has 0 spiro atoms. The van der Waals surface area contributed by atoms with E-state index in [1.54, 1.807) is 19.1 Å². The molecular formula is C12H14N2O3. The molecule has 0 aliphatic rings. The van der Waals surface area contributed by atoms with Gasteiger partial charge in [-0.25, -0.2) is 4.79 Å². The van der Waals surface area contributed by atoms with E-state index in [0.717, 1.165) is 0 Å². The monoisotopic (exact) mass is 234 g/mol. The molecule has 0 saturated carbocycles. The lowest BCUT2D eigenvalue weighted by Crippen LogP contribution is -2.40. The molecule has 1 amide bonds. The molecule has 0 saturated heterocycles. The second-order valence-electron chi connectivity index (χ2n) is 3.40. The van der Waals surface area contributed by atoms with Crippen LogP contribution in [0, 0.1) is 0 Å². The first-order valence-corrected chi connectivity index (χ1v) is 5.20. The highest BCUT2D eigenvalue weighted by Crippen LogP contribution is 2.00. The fourth-order valence-electron chi connectivity index (χ4n) is 1.24. The summed E-state index contributed by atoms with van der Waals surface area (Å²) in [6.07, 6.45) is 6.68. The Kier molecular flexibility index (Phi) is 4.87. The van der Waals surface area contributed by atoms with E-state index in [4.69, 9.17) is 5.11 Å². The molecular weight excluding hydrogens is 220 g/mol. The number of aliphatic carboxylic acids is 1. The minimum absolute atomic E-state index is 0.267. The Hall–Kier alpha value is -2.17. The standard InChI is InChI=1S/C12H14N2O3/c1-2-3-4-10(12(16)17)14-11(15)9-5-7-13-8-6-9/h2-3,5-8,10H,4H2,1H3,(H,14,15)(H,16,17)/b3-2+. The minimum Gasteiger partial charge on any atom is -0.480 e. The van der Waals surface area contributed by atoms with Crippen LogP contribution in [-0.2, 0) is 4.79 Å². The molecule has 1 aromatic rings. The van der Waals surface area contributed by atoms with Crippen molar-refractivity contribution in [3.63, 3.8) is 0 Å². The molecule has 17 heavy (non-hydrogen) atoms. The number of carboxylic acids is 1. The Bertz CT molecular complexity index is 415. The van der Waals surface area contributed by atoms with Crippen LogP contribution in [0.25, 0.3) is 0 Å². The fraction of sp³-hybridized carbons (Fsp3) is 0.250. The number of pyridine rings is 1. The van der Waals surface area contributed by atoms with Crippen molar-refractivity contribution in [3.8, 4) is 0 Å². The van der Waals surface area contributed by atoms with Gasteiger partial charge in [-0.05, 0) is 25.5 Å². The van der Waals surface area contributed by atoms with E-state index in [0.29, 0.717) is 5.56 Å². The maximum absolute atomic E-state index is 11.7. The zero-order valence-corrected chi connectivity index (χ0v) is 9.46. The van der Waals surface area contributed by atoms with Gasteiger partial charge in [-0.1, -0.05) is 12.2 Å². The van der Waals surface area contributed by atoms with Crippen molar-refractivity contribution in [3.05, 3.63) is 42.2 Å². The maximum atomic E-state index is 11.7. The molecule has 1 heterocycles. The van der Waals surface area contributed by atoms with Crippen molar-refractivity contribution in [1.29, 1.82) is 0 Å². The first kappa shape index (κ1) is 12.9. The average Bonchev–Trinajstić information content (AvgIpc) is 2.35. The Morgan fingerprint density at radius 1 is 1.47 bits per heavy atom. The highest BCUT2D eigenvalue weighted by Gasteiger charge is 2.18. The predicted octanol–water partition coefficient (Wildman–Crippen LogP) is 1.23. The van der Waals surface area contributed by atoms with Crippen molar-refractivity contribution in [2.75, 3.05) is 0 Å². The summed E-state index contributed by atoms with van der Waals surface area (Å²) in [5.74, 6) is -1.46. The molecule has 90 valence electrons. The number of carbonyl (C=O) groups is 2. The van der Waals surface area contributed by atoms with Crippen molar-refractivity contribution in [2.45, 2.75) is 19.4 Å². The summed E-state index contributed by atoms with van der Waals surface area (Å²) < 4.78 is 0. The number of allylic oxidation sites excluding steroid dienone is 1. The number of amides is 1. The van der Waals surface area contributed by atoms with Crippen LogP contribution < -0.4 is 5.32 Å². The van der Waals surface area contributed by atoms with Gasteiger partial charge >= 0.3 is 5.97 Å². The lowest BCUT2D eigenvalue weighted by molar-refractivity contribution is -0.139. The van der Waals surface area contributed by atoms with Gasteiger partial charge in [-0.3, -0.25) is 9.78 Å². The quantitative estimate of drug-likeness (QED) is 0.751. The number of nitrogens with zero attached hydrogens (tertiary/aromatic N) is 1. The van der Waals surface area contributed by atoms with Gasteiger partial charge in [0.1, 0.15) is 6.04 Å². The normalized spacial score (nSPS) is 12.3. The summed E-state index contributed by atoms with van der Waals surface area (Å²) in [4.78, 5) is 26.4. The summed E-state index contributed by atoms with van der Waals surface area (Å²) in [7, 11) is 0. The van der Waals surface area contributed by atoms with E-state index >= 15 is 0 Å². The number of nitrogens with one attached hydrogen (secondary N) is 1. The van der Waals surface area contributed by atoms with Crippen molar-refractivity contribution in [1.82, 2.24) is 10.3 Å². The fourth-order valence-corrected chi connectivity index (χ4v) is 1.24. The third-order valence-corrected chi connectivity index (χ3v) is 2.15. The first-order chi connectivity index (χ1) is 8.15. The van der Waals surface area contributed by atoms with Crippen LogP contribution in [0.2, 0.25) is 0 Å². The van der Waals surface area contributed by atoms with Crippen LogP contribution >= 0.6 is 0 Å². The third-order valence-electron chi connectivity index (χ3n) is 2.15. The Balaban J connectivity index is 2.68. The zero-order chi connectivity index (χ0) is 12.7. The Morgan fingerprint density at radius 2 is 2.12 bits per heavy atom. The van der Waals surface area contributed by atoms with Gasteiger partial charge in [0.2, 0.25) is 0 Å². The molecule has 0 aromatic carbocycles. The minimum atomic E-state index is -1.05. The molecule has 5 heteroatoms. The SMILES string of the molecule is C/C=C/CC(NC(=O)c1ccncc1)C(=O)O. The van der Waals surface area contributed by atoms with Crippen molar-refractivity contribution >= 4 is 11.9 Å². The van der Waals surface area contributed by atoms with E-state index in [1.807, 2.05) is 0 Å². The lowest BCUT2D eigenvalue weighted by atomic mass is 10.1. The molecule has 0 aliphatic heterocycles. The van der Waals surface area contributed by atoms with Gasteiger partial charge in [-0.2, -0.15) is 0 Å². The second-order valence-corrected chi connectivity index (χ2v) is 3.40. The smallest absolute Gasteiger partial charge is 0.326 e. The van der Waals surface area contributed by atoms with Gasteiger partial charge in [0, 0.05) is 18.0 Å². The molecule has 1 rings (SSSR count). The van der Waals surface area contributed by atoms with Crippen LogP contribution in [0.1, 0.15) is 23.7 Å². The van der Waals surface area contributed by atoms with E-state index in [-0.39, 0.29) is 6.42 Å². The molecule has 0 bridgehead atoms. The topological polar surface area (TPSA) is 79.3 Å². The van der Waals surface area contributed by atoms with Crippen molar-refractivity contribution < 1.29 is 14.7 Å². The predicted molar refractivity (Wildman–Crippen MR) is 62.6 cm³/mol. The number of hydrogen-bond acceptors (Lipinski definition) is 3. The number of aromatic nitrogens is 1. The molecule has 0 radical (unpaired) electrons. The van der Waals surface area contributed by atoms with Gasteiger partial charge in [0.05, 0.1) is 0 Å². The molecule has 5 nitrogen and oxygen atoms in total. The first-order valence-electron chi connectivity index (χ1n) is 5.20. The number of rotatable bonds is 5. The molecule has 0 aliphatic carbocycles. The summed E-state index contributed by atoms with van der Waals surface area (Å²) in [5, 5.41) is 11.4. The highest BCUT2D eigenvalue weighted by molar-refractivity contribution is 5.96. The van der Waals surface area contributed by atoms with Crippen LogP contribution in [0.5, 0.6) is 0 Å². The van der Waals surface area contributed by atoms with E-state index in [2.05, 4.69) is 10.3 Å². The largest absolute Gasteiger partial charge is 0.480 e. The molecule has 1 unspecified atom stereocenters. The number of hydrogen-bond donors (Lipinski definition) is 2. The maximum Gasteiger partial charge on any atom is 0.326 e. The van der Waals surface area contributed by atoms with Gasteiger partial charge < -0.3 is 10.4 Å². The van der Waals surface area contributed by atoms with E-state index in [9.17, 15) is 9.59 Å². The van der Waals surface area contributed by atoms with Crippen LogP contribution in [0.3, 0.4) is 0 Å². The molecule has 2 N–H and O–H groups in total. The molecule has 0 fully saturated rings. The summed E-state index contributed by atoms with van der Waals surface area (Å²) in [6, 6.07) is 2.15. The Labute approximate surface area is 99.2 Å². The lowest BCUT2D eigenvalue weighted by Gasteiger charge is -2.12. The second kappa shape index (κ2) is 6.42. The number of carbonyl (C=O) groups excluding carboxylic acids is 1. The zero-order valence-electron chi connectivity index (χ0n) is 9.46. The van der Waals surface area contributed by atoms with Crippen LogP contribution in [-0.4, -0.2) is 28.0 Å². The third kappa shape index (κ3) is 4.06. The van der Waals surface area contributed by atoms with Crippen molar-refractivity contribution in [2.24, 2.45) is 0 Å². The average molecular weight is 234 g/mol. The van der Waals surface area contributed by atoms with Gasteiger partial charge in [0.15, 0.2) is 0 Å². The summed E-state index contributed by atoms with van der Waals surface area (Å²) in [6.45, 7) is 1.80. The summed E-state index contributed by atoms with van der Waals surface area (Å²) >= 11 is 0. The van der Waals surface area contributed by atoms with Gasteiger partial charge in [0.25, 0.3) is 5.91 Å². The van der Waals surface area contributed by atoms with E-state index < -0.39 is 17.9 Å². The Morgan fingerprint density at radius 3 is 2.65 bits per heavy atom.